The predicted octanol–water partition coefficient (Wildman–Crippen LogP) is 4.54. The number of hydrogen-bond donors (Lipinski definition) is 3. The summed E-state index contributed by atoms with van der Waals surface area (Å²) in [6.07, 6.45) is 2.82. The average Bonchev–Trinajstić information content (AvgIpc) is 3.40. The Balaban J connectivity index is 1.42. The minimum Gasteiger partial charge on any atom is -0.497 e. The van der Waals surface area contributed by atoms with Crippen LogP contribution < -0.4 is 10.5 Å². The normalized spacial score (nSPS) is 16.9. The van der Waals surface area contributed by atoms with Crippen molar-refractivity contribution in [3.63, 3.8) is 0 Å². The zero-order valence-corrected chi connectivity index (χ0v) is 21.6. The number of aliphatic hydroxyl groups is 1. The zero-order chi connectivity index (χ0) is 24.8. The van der Waals surface area contributed by atoms with Gasteiger partial charge in [-0.15, -0.1) is 23.1 Å². The zero-order valence-electron chi connectivity index (χ0n) is 20.0. The quantitative estimate of drug-likeness (QED) is 0.320. The van der Waals surface area contributed by atoms with Crippen molar-refractivity contribution in [2.75, 3.05) is 32.5 Å². The summed E-state index contributed by atoms with van der Waals surface area (Å²) < 4.78 is 6.68. The number of likely N-dealkylation sites (tertiary alicyclic amines) is 1. The smallest absolute Gasteiger partial charge is 0.309 e. The van der Waals surface area contributed by atoms with E-state index < -0.39 is 17.5 Å². The molecule has 1 atom stereocenters. The molecule has 0 radical (unpaired) electrons. The first-order valence-corrected chi connectivity index (χ1v) is 13.8. The number of aliphatic hydroxyl groups excluding tert-OH is 1. The van der Waals surface area contributed by atoms with E-state index in [1.807, 2.05) is 30.0 Å². The first-order valence-electron chi connectivity index (χ1n) is 11.9. The molecule has 2 aromatic heterocycles. The molecule has 4 rings (SSSR count). The lowest BCUT2D eigenvalue weighted by Crippen LogP contribution is -2.45. The van der Waals surface area contributed by atoms with Gasteiger partial charge in [0.25, 0.3) is 0 Å². The highest BCUT2D eigenvalue weighted by atomic mass is 32.2. The van der Waals surface area contributed by atoms with Gasteiger partial charge in [0.05, 0.1) is 28.4 Å². The van der Waals surface area contributed by atoms with Gasteiger partial charge in [-0.3, -0.25) is 9.78 Å². The van der Waals surface area contributed by atoms with Gasteiger partial charge in [0.15, 0.2) is 0 Å². The SMILES string of the molecule is COc1ccc2ncc(CN)c([C@H](O)CCC3(C(=O)O)CCN(CCSc4cccs4)CC3)c2c1. The van der Waals surface area contributed by atoms with Crippen molar-refractivity contribution >= 4 is 40.0 Å². The Kier molecular flexibility index (Phi) is 8.67. The first kappa shape index (κ1) is 25.9. The molecule has 9 heteroatoms. The molecule has 4 N–H and O–H groups in total. The van der Waals surface area contributed by atoms with Crippen LogP contribution in [0.5, 0.6) is 5.75 Å². The maximum atomic E-state index is 12.4. The van der Waals surface area contributed by atoms with E-state index in [-0.39, 0.29) is 6.54 Å². The molecule has 1 saturated heterocycles. The number of pyridine rings is 1. The number of rotatable bonds is 11. The van der Waals surface area contributed by atoms with Gasteiger partial charge in [0.1, 0.15) is 5.75 Å². The Labute approximate surface area is 214 Å². The Morgan fingerprint density at radius 1 is 1.34 bits per heavy atom. The summed E-state index contributed by atoms with van der Waals surface area (Å²) in [7, 11) is 1.60. The number of thioether (sulfide) groups is 1. The summed E-state index contributed by atoms with van der Waals surface area (Å²) in [5, 5.41) is 24.3. The number of piperidine rings is 1. The number of carbonyl (C=O) groups is 1. The van der Waals surface area contributed by atoms with E-state index in [9.17, 15) is 15.0 Å². The van der Waals surface area contributed by atoms with Crippen LogP contribution in [0.3, 0.4) is 0 Å². The second-order valence-electron chi connectivity index (χ2n) is 9.05. The monoisotopic (exact) mass is 515 g/mol. The molecule has 0 bridgehead atoms. The van der Waals surface area contributed by atoms with E-state index >= 15 is 0 Å². The van der Waals surface area contributed by atoms with Gasteiger partial charge in [-0.25, -0.2) is 0 Å². The Morgan fingerprint density at radius 3 is 2.80 bits per heavy atom. The van der Waals surface area contributed by atoms with Crippen LogP contribution in [-0.4, -0.2) is 58.6 Å². The van der Waals surface area contributed by atoms with Gasteiger partial charge in [-0.05, 0) is 79.5 Å². The van der Waals surface area contributed by atoms with E-state index in [2.05, 4.69) is 27.4 Å². The van der Waals surface area contributed by atoms with Gasteiger partial charge in [-0.2, -0.15) is 0 Å². The number of aliphatic carboxylic acids is 1. The fourth-order valence-electron chi connectivity index (χ4n) is 4.87. The van der Waals surface area contributed by atoms with Crippen LogP contribution in [0.15, 0.2) is 46.1 Å². The van der Waals surface area contributed by atoms with Crippen LogP contribution in [-0.2, 0) is 11.3 Å². The molecular formula is C26H33N3O4S2. The van der Waals surface area contributed by atoms with Crippen molar-refractivity contribution in [1.82, 2.24) is 9.88 Å². The molecule has 3 heterocycles. The molecule has 188 valence electrons. The molecule has 35 heavy (non-hydrogen) atoms. The summed E-state index contributed by atoms with van der Waals surface area (Å²) in [6, 6.07) is 9.74. The molecule has 1 fully saturated rings. The number of nitrogens with two attached hydrogens (primary N) is 1. The lowest BCUT2D eigenvalue weighted by atomic mass is 9.74. The maximum absolute atomic E-state index is 12.4. The third-order valence-electron chi connectivity index (χ3n) is 7.06. The molecular weight excluding hydrogens is 482 g/mol. The second-order valence-corrected chi connectivity index (χ2v) is 11.4. The highest BCUT2D eigenvalue weighted by Gasteiger charge is 2.41. The lowest BCUT2D eigenvalue weighted by molar-refractivity contribution is -0.153. The molecule has 0 aliphatic carbocycles. The summed E-state index contributed by atoms with van der Waals surface area (Å²) in [5.74, 6) is 0.908. The third-order valence-corrected chi connectivity index (χ3v) is 9.17. The number of hydrogen-bond acceptors (Lipinski definition) is 8. The summed E-state index contributed by atoms with van der Waals surface area (Å²) in [5.41, 5.74) is 7.38. The molecule has 7 nitrogen and oxygen atoms in total. The predicted molar refractivity (Wildman–Crippen MR) is 141 cm³/mol. The van der Waals surface area contributed by atoms with Gasteiger partial charge in [-0.1, -0.05) is 6.07 Å². The molecule has 1 aliphatic heterocycles. The number of carboxylic acid groups (broad SMARTS) is 1. The summed E-state index contributed by atoms with van der Waals surface area (Å²) >= 11 is 3.60. The van der Waals surface area contributed by atoms with Crippen LogP contribution in [0.2, 0.25) is 0 Å². The molecule has 1 aromatic carbocycles. The van der Waals surface area contributed by atoms with Crippen molar-refractivity contribution in [3.05, 3.63) is 53.0 Å². The van der Waals surface area contributed by atoms with Gasteiger partial charge in [0.2, 0.25) is 0 Å². The first-order chi connectivity index (χ1) is 17.0. The summed E-state index contributed by atoms with van der Waals surface area (Å²) in [6.45, 7) is 2.72. The number of nitrogens with zero attached hydrogens (tertiary/aromatic N) is 2. The second kappa shape index (κ2) is 11.7. The number of ether oxygens (including phenoxy) is 1. The molecule has 0 saturated carbocycles. The van der Waals surface area contributed by atoms with Crippen LogP contribution in [0, 0.1) is 5.41 Å². The third kappa shape index (κ3) is 5.98. The van der Waals surface area contributed by atoms with E-state index in [0.29, 0.717) is 31.4 Å². The highest BCUT2D eigenvalue weighted by molar-refractivity contribution is 8.01. The standard InChI is InChI=1S/C26H33N3O4S2/c1-33-19-4-5-21-20(15-19)24(18(16-27)17-28-21)22(30)6-7-26(25(31)32)8-10-29(11-9-26)12-14-35-23-3-2-13-34-23/h2-5,13,15,17,22,30H,6-12,14,16,27H2,1H3,(H,31,32)/t22-/m1/s1. The number of carboxylic acids is 1. The van der Waals surface area contributed by atoms with Crippen LogP contribution in [0.25, 0.3) is 10.9 Å². The van der Waals surface area contributed by atoms with Crippen LogP contribution >= 0.6 is 23.1 Å². The lowest BCUT2D eigenvalue weighted by Gasteiger charge is -2.39. The fraction of sp³-hybridized carbons (Fsp3) is 0.462. The molecule has 1 aliphatic rings. The molecule has 3 aromatic rings. The van der Waals surface area contributed by atoms with Crippen molar-refractivity contribution in [2.24, 2.45) is 11.1 Å². The Hall–Kier alpha value is -2.17. The van der Waals surface area contributed by atoms with Crippen LogP contribution in [0.1, 0.15) is 42.9 Å². The van der Waals surface area contributed by atoms with Gasteiger partial charge < -0.3 is 25.6 Å². The van der Waals surface area contributed by atoms with Gasteiger partial charge >= 0.3 is 5.97 Å². The minimum atomic E-state index is -0.831. The van der Waals surface area contributed by atoms with E-state index in [0.717, 1.165) is 47.4 Å². The number of benzene rings is 1. The maximum Gasteiger partial charge on any atom is 0.309 e. The fourth-order valence-corrected chi connectivity index (χ4v) is 6.73. The van der Waals surface area contributed by atoms with Crippen LogP contribution in [0.4, 0.5) is 0 Å². The van der Waals surface area contributed by atoms with E-state index in [1.54, 1.807) is 24.6 Å². The molecule has 0 amide bonds. The number of methoxy groups -OCH3 is 1. The van der Waals surface area contributed by atoms with Crippen molar-refractivity contribution < 1.29 is 19.7 Å². The summed E-state index contributed by atoms with van der Waals surface area (Å²) in [4.78, 5) is 19.2. The number of fused-ring (bicyclic) bond motifs is 1. The Bertz CT molecular complexity index is 1130. The van der Waals surface area contributed by atoms with E-state index in [1.165, 1.54) is 4.21 Å². The number of aromatic nitrogens is 1. The minimum absolute atomic E-state index is 0.245. The largest absolute Gasteiger partial charge is 0.497 e. The highest BCUT2D eigenvalue weighted by Crippen LogP contribution is 2.40. The van der Waals surface area contributed by atoms with Crippen molar-refractivity contribution in [1.29, 1.82) is 0 Å². The van der Waals surface area contributed by atoms with Crippen molar-refractivity contribution in [3.8, 4) is 5.75 Å². The van der Waals surface area contributed by atoms with Crippen molar-refractivity contribution in [2.45, 2.75) is 42.5 Å². The van der Waals surface area contributed by atoms with E-state index in [4.69, 9.17) is 10.5 Å². The topological polar surface area (TPSA) is 109 Å². The Morgan fingerprint density at radius 2 is 2.14 bits per heavy atom. The molecule has 0 spiro atoms. The molecule has 0 unspecified atom stereocenters. The average molecular weight is 516 g/mol. The van der Waals surface area contributed by atoms with Gasteiger partial charge in [0, 0.05) is 30.4 Å². The number of thiophene rings is 1.